The minimum Gasteiger partial charge on any atom is -0.394 e. The van der Waals surface area contributed by atoms with Crippen molar-refractivity contribution < 1.29 is 9.84 Å². The number of morpholine rings is 1. The number of aryl methyl sites for hydroxylation is 1. The summed E-state index contributed by atoms with van der Waals surface area (Å²) in [5, 5.41) is 10.0. The average molecular weight is 229 g/mol. The van der Waals surface area contributed by atoms with Crippen LogP contribution in [0.1, 0.15) is 12.7 Å². The molecule has 0 bridgehead atoms. The van der Waals surface area contributed by atoms with E-state index >= 15 is 0 Å². The van der Waals surface area contributed by atoms with Gasteiger partial charge in [0.2, 0.25) is 5.13 Å². The lowest BCUT2D eigenvalue weighted by Gasteiger charge is -2.35. The van der Waals surface area contributed by atoms with Crippen molar-refractivity contribution in [2.45, 2.75) is 26.1 Å². The quantitative estimate of drug-likeness (QED) is 0.797. The average Bonchev–Trinajstić information content (AvgIpc) is 2.64. The predicted octanol–water partition coefficient (Wildman–Crippen LogP) is 0.433. The van der Waals surface area contributed by atoms with E-state index in [1.807, 2.05) is 13.8 Å². The van der Waals surface area contributed by atoms with Crippen LogP contribution in [0.2, 0.25) is 0 Å². The Morgan fingerprint density at radius 2 is 2.40 bits per heavy atom. The van der Waals surface area contributed by atoms with Gasteiger partial charge in [-0.15, -0.1) is 0 Å². The van der Waals surface area contributed by atoms with Crippen LogP contribution in [0.5, 0.6) is 0 Å². The number of rotatable bonds is 2. The molecule has 2 atom stereocenters. The van der Waals surface area contributed by atoms with E-state index in [0.29, 0.717) is 6.54 Å². The topological polar surface area (TPSA) is 58.5 Å². The Kier molecular flexibility index (Phi) is 3.18. The summed E-state index contributed by atoms with van der Waals surface area (Å²) in [5.41, 5.74) is 0. The van der Waals surface area contributed by atoms with Crippen molar-refractivity contribution in [3.63, 3.8) is 0 Å². The molecule has 0 saturated carbocycles. The molecule has 0 amide bonds. The summed E-state index contributed by atoms with van der Waals surface area (Å²) in [5.74, 6) is 0.801. The summed E-state index contributed by atoms with van der Waals surface area (Å²) in [7, 11) is 0. The second kappa shape index (κ2) is 4.42. The van der Waals surface area contributed by atoms with E-state index in [4.69, 9.17) is 9.84 Å². The zero-order chi connectivity index (χ0) is 10.8. The smallest absolute Gasteiger partial charge is 0.205 e. The molecular formula is C9H15N3O2S. The lowest BCUT2D eigenvalue weighted by atomic mass is 10.2. The SMILES string of the molecule is Cc1nsc(N2CC(C)OC(CO)C2)n1. The normalized spacial score (nSPS) is 27.0. The molecule has 1 N–H and O–H groups in total. The van der Waals surface area contributed by atoms with Crippen LogP contribution in [0.25, 0.3) is 0 Å². The van der Waals surface area contributed by atoms with Gasteiger partial charge in [-0.3, -0.25) is 0 Å². The third-order valence-corrected chi connectivity index (χ3v) is 3.19. The van der Waals surface area contributed by atoms with Crippen LogP contribution in [0.3, 0.4) is 0 Å². The molecule has 1 fully saturated rings. The number of nitrogens with zero attached hydrogens (tertiary/aromatic N) is 3. The molecule has 0 aliphatic carbocycles. The molecule has 84 valence electrons. The van der Waals surface area contributed by atoms with Crippen LogP contribution in [0.15, 0.2) is 0 Å². The summed E-state index contributed by atoms with van der Waals surface area (Å²) in [6.07, 6.45) is 0.0121. The van der Waals surface area contributed by atoms with Crippen LogP contribution in [0, 0.1) is 6.92 Å². The van der Waals surface area contributed by atoms with E-state index in [0.717, 1.165) is 17.5 Å². The van der Waals surface area contributed by atoms with Gasteiger partial charge in [-0.1, -0.05) is 0 Å². The Balaban J connectivity index is 2.08. The highest BCUT2D eigenvalue weighted by molar-refractivity contribution is 7.09. The van der Waals surface area contributed by atoms with Crippen LogP contribution in [-0.2, 0) is 4.74 Å². The van der Waals surface area contributed by atoms with Crippen molar-refractivity contribution in [1.82, 2.24) is 9.36 Å². The molecule has 15 heavy (non-hydrogen) atoms. The number of ether oxygens (including phenoxy) is 1. The molecular weight excluding hydrogens is 214 g/mol. The van der Waals surface area contributed by atoms with Crippen molar-refractivity contribution in [3.05, 3.63) is 5.82 Å². The molecule has 0 spiro atoms. The number of hydrogen-bond acceptors (Lipinski definition) is 6. The first kappa shape index (κ1) is 10.8. The fraction of sp³-hybridized carbons (Fsp3) is 0.778. The molecule has 0 radical (unpaired) electrons. The Labute approximate surface area is 92.9 Å². The van der Waals surface area contributed by atoms with Crippen LogP contribution >= 0.6 is 11.5 Å². The van der Waals surface area contributed by atoms with Gasteiger partial charge in [0.05, 0.1) is 18.8 Å². The van der Waals surface area contributed by atoms with Gasteiger partial charge in [-0.05, 0) is 13.8 Å². The second-order valence-corrected chi connectivity index (χ2v) is 4.51. The van der Waals surface area contributed by atoms with Crippen molar-refractivity contribution in [2.24, 2.45) is 0 Å². The summed E-state index contributed by atoms with van der Waals surface area (Å²) in [4.78, 5) is 6.46. The third-order valence-electron chi connectivity index (χ3n) is 2.32. The standard InChI is InChI=1S/C9H15N3O2S/c1-6-3-12(4-8(5-13)14-6)9-10-7(2)11-15-9/h6,8,13H,3-5H2,1-2H3. The van der Waals surface area contributed by atoms with Gasteiger partial charge in [0.25, 0.3) is 0 Å². The van der Waals surface area contributed by atoms with Crippen molar-refractivity contribution in [1.29, 1.82) is 0 Å². The first-order valence-corrected chi connectivity index (χ1v) is 5.78. The second-order valence-electron chi connectivity index (χ2n) is 3.78. The molecule has 2 rings (SSSR count). The Morgan fingerprint density at radius 1 is 1.60 bits per heavy atom. The monoisotopic (exact) mass is 229 g/mol. The van der Waals surface area contributed by atoms with Crippen LogP contribution < -0.4 is 4.90 Å². The minimum atomic E-state index is -0.113. The molecule has 6 heteroatoms. The summed E-state index contributed by atoms with van der Waals surface area (Å²) in [6, 6.07) is 0. The largest absolute Gasteiger partial charge is 0.394 e. The molecule has 2 unspecified atom stereocenters. The van der Waals surface area contributed by atoms with Gasteiger partial charge in [0, 0.05) is 24.6 Å². The number of hydrogen-bond donors (Lipinski definition) is 1. The van der Waals surface area contributed by atoms with Gasteiger partial charge in [-0.2, -0.15) is 4.37 Å². The van der Waals surface area contributed by atoms with Crippen LogP contribution in [0.4, 0.5) is 5.13 Å². The highest BCUT2D eigenvalue weighted by Crippen LogP contribution is 2.21. The summed E-state index contributed by atoms with van der Waals surface area (Å²) in [6.45, 7) is 5.44. The van der Waals surface area contributed by atoms with Gasteiger partial charge >= 0.3 is 0 Å². The van der Waals surface area contributed by atoms with Gasteiger partial charge in [-0.25, -0.2) is 4.98 Å². The molecule has 0 aromatic carbocycles. The zero-order valence-corrected chi connectivity index (χ0v) is 9.70. The van der Waals surface area contributed by atoms with E-state index < -0.39 is 0 Å². The number of anilines is 1. The lowest BCUT2D eigenvalue weighted by Crippen LogP contribution is -2.48. The molecule has 2 heterocycles. The molecule has 1 aromatic heterocycles. The molecule has 1 saturated heterocycles. The maximum atomic E-state index is 9.09. The highest BCUT2D eigenvalue weighted by atomic mass is 32.1. The number of aliphatic hydroxyl groups excluding tert-OH is 1. The van der Waals surface area contributed by atoms with E-state index in [9.17, 15) is 0 Å². The zero-order valence-electron chi connectivity index (χ0n) is 8.88. The lowest BCUT2D eigenvalue weighted by molar-refractivity contribution is -0.0421. The fourth-order valence-corrected chi connectivity index (χ4v) is 2.41. The Morgan fingerprint density at radius 3 is 3.00 bits per heavy atom. The predicted molar refractivity (Wildman–Crippen MR) is 58.3 cm³/mol. The minimum absolute atomic E-state index is 0.0542. The number of aliphatic hydroxyl groups is 1. The van der Waals surface area contributed by atoms with Crippen molar-refractivity contribution >= 4 is 16.7 Å². The van der Waals surface area contributed by atoms with Crippen molar-refractivity contribution in [3.8, 4) is 0 Å². The Bertz CT molecular complexity index is 331. The third kappa shape index (κ3) is 2.45. The number of aromatic nitrogens is 2. The van der Waals surface area contributed by atoms with Gasteiger partial charge in [0.1, 0.15) is 5.82 Å². The summed E-state index contributed by atoms with van der Waals surface area (Å²) < 4.78 is 9.71. The van der Waals surface area contributed by atoms with E-state index in [1.54, 1.807) is 0 Å². The van der Waals surface area contributed by atoms with E-state index in [1.165, 1.54) is 11.5 Å². The van der Waals surface area contributed by atoms with E-state index in [-0.39, 0.29) is 18.8 Å². The first-order valence-electron chi connectivity index (χ1n) is 5.00. The maximum Gasteiger partial charge on any atom is 0.205 e. The van der Waals surface area contributed by atoms with Crippen LogP contribution in [-0.4, -0.2) is 46.4 Å². The highest BCUT2D eigenvalue weighted by Gasteiger charge is 2.26. The Hall–Kier alpha value is -0.720. The first-order chi connectivity index (χ1) is 7.19. The molecule has 1 aromatic rings. The summed E-state index contributed by atoms with van der Waals surface area (Å²) >= 11 is 1.40. The molecule has 5 nitrogen and oxygen atoms in total. The molecule has 1 aliphatic heterocycles. The molecule has 1 aliphatic rings. The van der Waals surface area contributed by atoms with Gasteiger partial charge < -0.3 is 14.7 Å². The van der Waals surface area contributed by atoms with E-state index in [2.05, 4.69) is 14.3 Å². The van der Waals surface area contributed by atoms with Gasteiger partial charge in [0.15, 0.2) is 0 Å². The fourth-order valence-electron chi connectivity index (χ4n) is 1.72. The maximum absolute atomic E-state index is 9.09. The van der Waals surface area contributed by atoms with Crippen molar-refractivity contribution in [2.75, 3.05) is 24.6 Å².